The minimum absolute atomic E-state index is 0.145. The van der Waals surface area contributed by atoms with E-state index in [1.54, 1.807) is 29.5 Å². The molecule has 1 aromatic heterocycles. The van der Waals surface area contributed by atoms with Gasteiger partial charge in [0.15, 0.2) is 0 Å². The van der Waals surface area contributed by atoms with Crippen LogP contribution in [0.1, 0.15) is 29.5 Å². The predicted octanol–water partition coefficient (Wildman–Crippen LogP) is 5.06. The number of hydrogen-bond donors (Lipinski definition) is 1. The van der Waals surface area contributed by atoms with Gasteiger partial charge >= 0.3 is 0 Å². The van der Waals surface area contributed by atoms with E-state index in [0.717, 1.165) is 10.6 Å². The van der Waals surface area contributed by atoms with Gasteiger partial charge in [-0.2, -0.15) is 5.10 Å². The van der Waals surface area contributed by atoms with Crippen molar-refractivity contribution in [3.8, 4) is 5.75 Å². The largest absolute Gasteiger partial charge is 0.492 e. The van der Waals surface area contributed by atoms with E-state index in [2.05, 4.69) is 10.5 Å². The predicted molar refractivity (Wildman–Crippen MR) is 101 cm³/mol. The molecule has 0 aliphatic rings. The molecule has 4 nitrogen and oxygen atoms in total. The lowest BCUT2D eigenvalue weighted by molar-refractivity contribution is -0.121. The number of aryl methyl sites for hydroxylation is 1. The van der Waals surface area contributed by atoms with Crippen molar-refractivity contribution in [3.05, 3.63) is 50.1 Å². The number of ether oxygens (including phenoxy) is 1. The molecule has 0 atom stereocenters. The third-order valence-corrected chi connectivity index (χ3v) is 4.78. The number of nitrogens with one attached hydrogen (secondary N) is 1. The summed E-state index contributed by atoms with van der Waals surface area (Å²) in [5.41, 5.74) is 3.36. The van der Waals surface area contributed by atoms with Crippen LogP contribution < -0.4 is 10.2 Å². The fraction of sp³-hybridized carbons (Fsp3) is 0.294. The zero-order chi connectivity index (χ0) is 17.5. The number of hydrogen-bond acceptors (Lipinski definition) is 4. The zero-order valence-electron chi connectivity index (χ0n) is 13.4. The summed E-state index contributed by atoms with van der Waals surface area (Å²) >= 11 is 13.5. The summed E-state index contributed by atoms with van der Waals surface area (Å²) in [6.45, 7) is 4.30. The second kappa shape index (κ2) is 9.06. The third-order valence-electron chi connectivity index (χ3n) is 3.14. The molecular formula is C17H18Cl2N2O2S. The molecule has 0 aliphatic carbocycles. The number of nitrogens with zero attached hydrogens (tertiary/aromatic N) is 1. The Bertz CT molecular complexity index is 744. The molecule has 1 amide bonds. The van der Waals surface area contributed by atoms with Crippen LogP contribution >= 0.6 is 34.5 Å². The van der Waals surface area contributed by atoms with Crippen LogP contribution in [0.15, 0.2) is 35.4 Å². The standard InChI is InChI=1S/C17H18Cl2N2O2S/c1-11-5-8-16(24-11)12(2)20-21-17(22)4-3-9-23-15-7-6-13(18)10-14(15)19/h5-8,10H,3-4,9H2,1-2H3,(H,21,22)/b20-12+. The quantitative estimate of drug-likeness (QED) is 0.411. The Hall–Kier alpha value is -1.56. The van der Waals surface area contributed by atoms with Gasteiger partial charge in [-0.15, -0.1) is 11.3 Å². The first-order chi connectivity index (χ1) is 11.5. The highest BCUT2D eigenvalue weighted by atomic mass is 35.5. The molecule has 2 aromatic rings. The van der Waals surface area contributed by atoms with Crippen LogP contribution in [0.2, 0.25) is 10.0 Å². The Morgan fingerprint density at radius 3 is 2.75 bits per heavy atom. The highest BCUT2D eigenvalue weighted by Crippen LogP contribution is 2.27. The highest BCUT2D eigenvalue weighted by molar-refractivity contribution is 7.14. The van der Waals surface area contributed by atoms with Crippen molar-refractivity contribution in [2.45, 2.75) is 26.7 Å². The van der Waals surface area contributed by atoms with Gasteiger partial charge in [-0.05, 0) is 50.6 Å². The van der Waals surface area contributed by atoms with E-state index in [1.807, 2.05) is 26.0 Å². The van der Waals surface area contributed by atoms with Crippen LogP contribution in [0, 0.1) is 6.92 Å². The number of carbonyl (C=O) groups is 1. The number of thiophene rings is 1. The molecule has 7 heteroatoms. The molecule has 0 unspecified atom stereocenters. The molecule has 2 rings (SSSR count). The van der Waals surface area contributed by atoms with E-state index in [1.165, 1.54) is 4.88 Å². The maximum absolute atomic E-state index is 11.8. The fourth-order valence-corrected chi connectivity index (χ4v) is 3.17. The van der Waals surface area contributed by atoms with Crippen molar-refractivity contribution < 1.29 is 9.53 Å². The number of amides is 1. The van der Waals surface area contributed by atoms with E-state index >= 15 is 0 Å². The summed E-state index contributed by atoms with van der Waals surface area (Å²) in [6, 6.07) is 9.06. The van der Waals surface area contributed by atoms with Gasteiger partial charge in [0, 0.05) is 16.3 Å². The van der Waals surface area contributed by atoms with Crippen molar-refractivity contribution in [3.63, 3.8) is 0 Å². The molecule has 0 fully saturated rings. The lowest BCUT2D eigenvalue weighted by Crippen LogP contribution is -2.19. The lowest BCUT2D eigenvalue weighted by Gasteiger charge is -2.07. The Morgan fingerprint density at radius 1 is 1.29 bits per heavy atom. The molecule has 24 heavy (non-hydrogen) atoms. The monoisotopic (exact) mass is 384 g/mol. The van der Waals surface area contributed by atoms with Crippen LogP contribution in [0.3, 0.4) is 0 Å². The van der Waals surface area contributed by atoms with E-state index in [4.69, 9.17) is 27.9 Å². The van der Waals surface area contributed by atoms with Gasteiger partial charge in [0.2, 0.25) is 5.91 Å². The Kier molecular flexibility index (Phi) is 7.09. The molecule has 0 radical (unpaired) electrons. The van der Waals surface area contributed by atoms with Gasteiger partial charge in [0.05, 0.1) is 22.2 Å². The van der Waals surface area contributed by atoms with E-state index in [0.29, 0.717) is 35.2 Å². The van der Waals surface area contributed by atoms with Crippen molar-refractivity contribution in [1.82, 2.24) is 5.43 Å². The molecule has 1 N–H and O–H groups in total. The Labute approximate surface area is 155 Å². The Morgan fingerprint density at radius 2 is 2.08 bits per heavy atom. The summed E-state index contributed by atoms with van der Waals surface area (Å²) < 4.78 is 5.54. The van der Waals surface area contributed by atoms with Gasteiger partial charge in [-0.1, -0.05) is 23.2 Å². The molecular weight excluding hydrogens is 367 g/mol. The smallest absolute Gasteiger partial charge is 0.240 e. The average molecular weight is 385 g/mol. The molecule has 128 valence electrons. The summed E-state index contributed by atoms with van der Waals surface area (Å²) in [4.78, 5) is 14.1. The Balaban J connectivity index is 1.71. The maximum Gasteiger partial charge on any atom is 0.240 e. The molecule has 0 spiro atoms. The van der Waals surface area contributed by atoms with Crippen LogP contribution in [-0.2, 0) is 4.79 Å². The molecule has 0 aliphatic heterocycles. The van der Waals surface area contributed by atoms with Crippen LogP contribution in [0.4, 0.5) is 0 Å². The van der Waals surface area contributed by atoms with Gasteiger partial charge < -0.3 is 4.74 Å². The van der Waals surface area contributed by atoms with Gasteiger partial charge in [0.25, 0.3) is 0 Å². The zero-order valence-corrected chi connectivity index (χ0v) is 15.8. The lowest BCUT2D eigenvalue weighted by atomic mass is 10.3. The SMILES string of the molecule is C/C(=N\NC(=O)CCCOc1ccc(Cl)cc1Cl)c1ccc(C)s1. The first kappa shape index (κ1) is 18.8. The van der Waals surface area contributed by atoms with Crippen molar-refractivity contribution in [2.24, 2.45) is 5.10 Å². The first-order valence-corrected chi connectivity index (χ1v) is 9.01. The minimum Gasteiger partial charge on any atom is -0.492 e. The number of benzene rings is 1. The first-order valence-electron chi connectivity index (χ1n) is 7.43. The van der Waals surface area contributed by atoms with E-state index < -0.39 is 0 Å². The topological polar surface area (TPSA) is 50.7 Å². The van der Waals surface area contributed by atoms with Crippen molar-refractivity contribution >= 4 is 46.2 Å². The third kappa shape index (κ3) is 5.82. The van der Waals surface area contributed by atoms with Gasteiger partial charge in [-0.3, -0.25) is 4.79 Å². The van der Waals surface area contributed by atoms with Crippen molar-refractivity contribution in [2.75, 3.05) is 6.61 Å². The molecule has 1 heterocycles. The molecule has 0 bridgehead atoms. The van der Waals surface area contributed by atoms with Crippen molar-refractivity contribution in [1.29, 1.82) is 0 Å². The van der Waals surface area contributed by atoms with E-state index in [-0.39, 0.29) is 5.91 Å². The second-order valence-electron chi connectivity index (χ2n) is 5.17. The highest BCUT2D eigenvalue weighted by Gasteiger charge is 2.05. The van der Waals surface area contributed by atoms with E-state index in [9.17, 15) is 4.79 Å². The maximum atomic E-state index is 11.8. The van der Waals surface area contributed by atoms with Crippen LogP contribution in [0.25, 0.3) is 0 Å². The summed E-state index contributed by atoms with van der Waals surface area (Å²) in [5.74, 6) is 0.414. The number of halogens is 2. The summed E-state index contributed by atoms with van der Waals surface area (Å²) in [6.07, 6.45) is 0.892. The number of carbonyl (C=O) groups excluding carboxylic acids is 1. The number of hydrazone groups is 1. The average Bonchev–Trinajstić information content (AvgIpc) is 2.97. The van der Waals surface area contributed by atoms with Crippen LogP contribution in [-0.4, -0.2) is 18.2 Å². The van der Waals surface area contributed by atoms with Gasteiger partial charge in [0.1, 0.15) is 5.75 Å². The van der Waals surface area contributed by atoms with Crippen LogP contribution in [0.5, 0.6) is 5.75 Å². The van der Waals surface area contributed by atoms with Gasteiger partial charge in [-0.25, -0.2) is 5.43 Å². The fourth-order valence-electron chi connectivity index (χ4n) is 1.89. The summed E-state index contributed by atoms with van der Waals surface area (Å²) in [5, 5.41) is 5.13. The molecule has 0 saturated heterocycles. The minimum atomic E-state index is -0.145. The summed E-state index contributed by atoms with van der Waals surface area (Å²) in [7, 11) is 0. The molecule has 1 aromatic carbocycles. The second-order valence-corrected chi connectivity index (χ2v) is 7.30. The number of rotatable bonds is 7. The molecule has 0 saturated carbocycles. The normalized spacial score (nSPS) is 11.4.